The molecule has 7 aromatic carbocycles. The Morgan fingerprint density at radius 2 is 0.673 bits per heavy atom. The van der Waals surface area contributed by atoms with Crippen molar-refractivity contribution in [2.75, 3.05) is 0 Å². The summed E-state index contributed by atoms with van der Waals surface area (Å²) in [6.07, 6.45) is 0. The summed E-state index contributed by atoms with van der Waals surface area (Å²) < 4.78 is 2.64. The molecule has 0 aliphatic carbocycles. The molecule has 0 unspecified atom stereocenters. The zero-order valence-electron chi connectivity index (χ0n) is 26.5. The quantitative estimate of drug-likeness (QED) is 0.181. The van der Waals surface area contributed by atoms with Crippen LogP contribution in [0.4, 0.5) is 0 Å². The molecule has 0 radical (unpaired) electrons. The molecule has 0 aliphatic heterocycles. The van der Waals surface area contributed by atoms with Crippen molar-refractivity contribution in [3.8, 4) is 67.5 Å². The fourth-order valence-corrected chi connectivity index (χ4v) is 7.48. The Kier molecular flexibility index (Phi) is 7.34. The molecule has 3 nitrogen and oxygen atoms in total. The largest absolute Gasteiger partial charge is 0.208 e. The van der Waals surface area contributed by atoms with Gasteiger partial charge >= 0.3 is 0 Å². The molecular weight excluding hydrogens is 615 g/mol. The van der Waals surface area contributed by atoms with Crippen LogP contribution in [0.3, 0.4) is 0 Å². The van der Waals surface area contributed by atoms with Crippen molar-refractivity contribution in [3.63, 3.8) is 0 Å². The summed E-state index contributed by atoms with van der Waals surface area (Å²) >= 11 is 1.85. The number of aromatic nitrogens is 3. The Morgan fingerprint density at radius 3 is 1.35 bits per heavy atom. The van der Waals surface area contributed by atoms with Crippen LogP contribution >= 0.6 is 11.3 Å². The van der Waals surface area contributed by atoms with E-state index in [-0.39, 0.29) is 0 Å². The molecule has 2 heterocycles. The summed E-state index contributed by atoms with van der Waals surface area (Å²) in [7, 11) is 0. The van der Waals surface area contributed by atoms with Crippen molar-refractivity contribution in [2.24, 2.45) is 0 Å². The fourth-order valence-electron chi connectivity index (χ4n) is 6.39. The topological polar surface area (TPSA) is 38.7 Å². The summed E-state index contributed by atoms with van der Waals surface area (Å²) in [4.78, 5) is 14.9. The van der Waals surface area contributed by atoms with Gasteiger partial charge in [0.1, 0.15) is 0 Å². The summed E-state index contributed by atoms with van der Waals surface area (Å²) in [5.74, 6) is 1.94. The number of fused-ring (bicyclic) bond motifs is 3. The van der Waals surface area contributed by atoms with Crippen molar-refractivity contribution in [1.29, 1.82) is 0 Å². The first kappa shape index (κ1) is 29.0. The van der Waals surface area contributed by atoms with E-state index in [1.54, 1.807) is 0 Å². The highest BCUT2D eigenvalue weighted by molar-refractivity contribution is 7.25. The number of thiophene rings is 1. The smallest absolute Gasteiger partial charge is 0.164 e. The minimum absolute atomic E-state index is 0.644. The third-order valence-electron chi connectivity index (χ3n) is 8.97. The van der Waals surface area contributed by atoms with Crippen molar-refractivity contribution in [1.82, 2.24) is 15.0 Å². The van der Waals surface area contributed by atoms with Gasteiger partial charge in [0, 0.05) is 36.9 Å². The Morgan fingerprint density at radius 1 is 0.265 bits per heavy atom. The molecule has 0 bridgehead atoms. The predicted octanol–water partition coefficient (Wildman–Crippen LogP) is 12.2. The molecule has 0 fully saturated rings. The molecule has 0 aliphatic rings. The van der Waals surface area contributed by atoms with Gasteiger partial charge in [0.2, 0.25) is 0 Å². The van der Waals surface area contributed by atoms with Crippen LogP contribution in [-0.2, 0) is 0 Å². The third kappa shape index (κ3) is 5.69. The zero-order chi connectivity index (χ0) is 32.6. The minimum Gasteiger partial charge on any atom is -0.208 e. The van der Waals surface area contributed by atoms with E-state index in [2.05, 4.69) is 140 Å². The number of hydrogen-bond acceptors (Lipinski definition) is 4. The van der Waals surface area contributed by atoms with Crippen LogP contribution in [0.1, 0.15) is 0 Å². The summed E-state index contributed by atoms with van der Waals surface area (Å²) in [6.45, 7) is 0. The zero-order valence-corrected chi connectivity index (χ0v) is 27.3. The number of benzene rings is 7. The lowest BCUT2D eigenvalue weighted by atomic mass is 9.98. The van der Waals surface area contributed by atoms with E-state index in [0.717, 1.165) is 33.4 Å². The molecule has 0 atom stereocenters. The molecule has 230 valence electrons. The molecule has 0 saturated heterocycles. The van der Waals surface area contributed by atoms with Gasteiger partial charge in [0.25, 0.3) is 0 Å². The molecule has 0 spiro atoms. The van der Waals surface area contributed by atoms with Gasteiger partial charge in [0.15, 0.2) is 17.5 Å². The second-order valence-electron chi connectivity index (χ2n) is 12.1. The highest BCUT2D eigenvalue weighted by Crippen LogP contribution is 2.37. The van der Waals surface area contributed by atoms with E-state index in [0.29, 0.717) is 17.5 Å². The molecule has 0 saturated carbocycles. The van der Waals surface area contributed by atoms with Crippen molar-refractivity contribution >= 4 is 31.5 Å². The van der Waals surface area contributed by atoms with E-state index in [1.165, 1.54) is 36.9 Å². The van der Waals surface area contributed by atoms with E-state index in [9.17, 15) is 0 Å². The maximum atomic E-state index is 5.01. The van der Waals surface area contributed by atoms with E-state index in [1.807, 2.05) is 47.7 Å². The first-order valence-corrected chi connectivity index (χ1v) is 17.2. The summed E-state index contributed by atoms with van der Waals surface area (Å²) in [6, 6.07) is 61.7. The van der Waals surface area contributed by atoms with Gasteiger partial charge in [-0.25, -0.2) is 15.0 Å². The normalized spacial score (nSPS) is 11.3. The van der Waals surface area contributed by atoms with Crippen LogP contribution in [0.25, 0.3) is 87.7 Å². The molecule has 0 amide bonds. The highest BCUT2D eigenvalue weighted by atomic mass is 32.1. The average molecular weight is 644 g/mol. The van der Waals surface area contributed by atoms with Crippen molar-refractivity contribution < 1.29 is 0 Å². The van der Waals surface area contributed by atoms with E-state index in [4.69, 9.17) is 15.0 Å². The molecule has 9 rings (SSSR count). The van der Waals surface area contributed by atoms with Crippen molar-refractivity contribution in [2.45, 2.75) is 0 Å². The minimum atomic E-state index is 0.644. The highest BCUT2D eigenvalue weighted by Gasteiger charge is 2.14. The van der Waals surface area contributed by atoms with Gasteiger partial charge in [-0.1, -0.05) is 152 Å². The lowest BCUT2D eigenvalue weighted by Gasteiger charge is -2.10. The van der Waals surface area contributed by atoms with Crippen LogP contribution in [0.2, 0.25) is 0 Å². The number of hydrogen-bond donors (Lipinski definition) is 0. The number of nitrogens with zero attached hydrogens (tertiary/aromatic N) is 3. The van der Waals surface area contributed by atoms with Gasteiger partial charge in [-0.15, -0.1) is 11.3 Å². The van der Waals surface area contributed by atoms with Gasteiger partial charge < -0.3 is 0 Å². The van der Waals surface area contributed by atoms with Gasteiger partial charge in [-0.05, 0) is 57.6 Å². The van der Waals surface area contributed by atoms with Gasteiger partial charge in [-0.3, -0.25) is 0 Å². The van der Waals surface area contributed by atoms with Crippen LogP contribution in [0, 0.1) is 0 Å². The summed E-state index contributed by atoms with van der Waals surface area (Å²) in [5.41, 5.74) is 9.84. The lowest BCUT2D eigenvalue weighted by Crippen LogP contribution is -2.00. The Balaban J connectivity index is 1.06. The van der Waals surface area contributed by atoms with Crippen LogP contribution in [-0.4, -0.2) is 15.0 Å². The average Bonchev–Trinajstić information content (AvgIpc) is 3.57. The first-order valence-electron chi connectivity index (χ1n) is 16.4. The fraction of sp³-hybridized carbons (Fsp3) is 0. The second kappa shape index (κ2) is 12.4. The molecule has 49 heavy (non-hydrogen) atoms. The Labute approximate surface area is 288 Å². The predicted molar refractivity (Wildman–Crippen MR) is 205 cm³/mol. The maximum Gasteiger partial charge on any atom is 0.164 e. The molecule has 2 aromatic heterocycles. The van der Waals surface area contributed by atoms with Crippen LogP contribution in [0.5, 0.6) is 0 Å². The first-order chi connectivity index (χ1) is 24.2. The molecule has 9 aromatic rings. The van der Waals surface area contributed by atoms with Crippen LogP contribution < -0.4 is 0 Å². The molecule has 0 N–H and O–H groups in total. The van der Waals surface area contributed by atoms with E-state index >= 15 is 0 Å². The standard InChI is InChI=1S/C45H29N3S/c1-3-10-30(11-4-1)31-22-24-35(25-23-31)44-46-43(34-12-5-2-6-13-34)47-45(48-44)38-15-9-14-36(28-38)32-18-20-33(21-19-32)37-26-27-42-40(29-37)39-16-7-8-17-41(39)49-42/h1-29H. The third-order valence-corrected chi connectivity index (χ3v) is 10.1. The van der Waals surface area contributed by atoms with Crippen molar-refractivity contribution in [3.05, 3.63) is 176 Å². The monoisotopic (exact) mass is 643 g/mol. The van der Waals surface area contributed by atoms with E-state index < -0.39 is 0 Å². The molecular formula is C45H29N3S. The number of rotatable bonds is 6. The van der Waals surface area contributed by atoms with Crippen LogP contribution in [0.15, 0.2) is 176 Å². The van der Waals surface area contributed by atoms with Gasteiger partial charge in [0.05, 0.1) is 0 Å². The Bertz CT molecular complexity index is 2570. The Hall–Kier alpha value is -6.23. The SMILES string of the molecule is c1ccc(-c2ccc(-c3nc(-c4ccccc4)nc(-c4cccc(-c5ccc(-c6ccc7sc8ccccc8c7c6)cc5)c4)n3)cc2)cc1. The molecule has 4 heteroatoms. The summed E-state index contributed by atoms with van der Waals surface area (Å²) in [5, 5.41) is 2.63. The maximum absolute atomic E-state index is 5.01. The lowest BCUT2D eigenvalue weighted by molar-refractivity contribution is 1.07. The second-order valence-corrected chi connectivity index (χ2v) is 13.2. The van der Waals surface area contributed by atoms with Gasteiger partial charge in [-0.2, -0.15) is 0 Å².